The summed E-state index contributed by atoms with van der Waals surface area (Å²) in [5.74, 6) is 2.32. The number of aryl methyl sites for hydroxylation is 1. The molecule has 0 aromatic carbocycles. The molecule has 0 bridgehead atoms. The Labute approximate surface area is 136 Å². The average molecular weight is 312 g/mol. The van der Waals surface area contributed by atoms with Crippen molar-refractivity contribution in [1.29, 1.82) is 0 Å². The Hall–Kier alpha value is -2.17. The van der Waals surface area contributed by atoms with Crippen LogP contribution in [0.5, 0.6) is 0 Å². The van der Waals surface area contributed by atoms with Gasteiger partial charge in [-0.3, -0.25) is 4.79 Å². The molecule has 1 aliphatic rings. The number of aromatic amines is 1. The molecule has 0 atom stereocenters. The highest BCUT2D eigenvalue weighted by atomic mass is 16.1. The van der Waals surface area contributed by atoms with E-state index in [9.17, 15) is 4.79 Å². The van der Waals surface area contributed by atoms with Gasteiger partial charge in [0.15, 0.2) is 0 Å². The highest BCUT2D eigenvalue weighted by molar-refractivity contribution is 5.56. The van der Waals surface area contributed by atoms with Gasteiger partial charge in [-0.15, -0.1) is 0 Å². The second-order valence-electron chi connectivity index (χ2n) is 6.47. The molecule has 1 fully saturated rings. The molecular weight excluding hydrogens is 288 g/mol. The van der Waals surface area contributed by atoms with E-state index < -0.39 is 0 Å². The fourth-order valence-corrected chi connectivity index (χ4v) is 3.06. The Morgan fingerprint density at radius 3 is 2.70 bits per heavy atom. The monoisotopic (exact) mass is 312 g/mol. The van der Waals surface area contributed by atoms with E-state index in [1.807, 2.05) is 19.1 Å². The van der Waals surface area contributed by atoms with Crippen molar-refractivity contribution in [2.24, 2.45) is 5.92 Å². The number of rotatable bonds is 4. The van der Waals surface area contributed by atoms with Gasteiger partial charge in [-0.05, 0) is 50.2 Å². The Kier molecular flexibility index (Phi) is 4.74. The Balaban J connectivity index is 1.72. The fraction of sp³-hybridized carbons (Fsp3) is 0.500. The number of hydrogen-bond acceptors (Lipinski definition) is 4. The van der Waals surface area contributed by atoms with Crippen LogP contribution >= 0.6 is 0 Å². The molecule has 0 unspecified atom stereocenters. The Bertz CT molecular complexity index is 700. The summed E-state index contributed by atoms with van der Waals surface area (Å²) < 4.78 is 0. The van der Waals surface area contributed by atoms with Crippen LogP contribution in [-0.2, 0) is 6.42 Å². The van der Waals surface area contributed by atoms with E-state index in [1.165, 1.54) is 31.7 Å². The molecule has 0 radical (unpaired) electrons. The first-order chi connectivity index (χ1) is 11.1. The van der Waals surface area contributed by atoms with Crippen LogP contribution in [0.15, 0.2) is 29.2 Å². The number of H-pyrrole nitrogens is 1. The third-order valence-electron chi connectivity index (χ3n) is 4.56. The lowest BCUT2D eigenvalue weighted by molar-refractivity contribution is 0.361. The second-order valence-corrected chi connectivity index (χ2v) is 6.47. The predicted molar refractivity (Wildman–Crippen MR) is 92.5 cm³/mol. The summed E-state index contributed by atoms with van der Waals surface area (Å²) in [7, 11) is 0. The molecule has 0 spiro atoms. The molecule has 23 heavy (non-hydrogen) atoms. The van der Waals surface area contributed by atoms with Crippen molar-refractivity contribution < 1.29 is 0 Å². The van der Waals surface area contributed by atoms with E-state index in [-0.39, 0.29) is 5.56 Å². The first-order valence-electron chi connectivity index (χ1n) is 8.47. The van der Waals surface area contributed by atoms with Gasteiger partial charge in [0.2, 0.25) is 0 Å². The largest absolute Gasteiger partial charge is 0.367 e. The summed E-state index contributed by atoms with van der Waals surface area (Å²) in [5, 5.41) is 3.51. The van der Waals surface area contributed by atoms with Crippen molar-refractivity contribution in [2.45, 2.75) is 52.0 Å². The molecule has 5 nitrogen and oxygen atoms in total. The maximum Gasteiger partial charge on any atom is 0.251 e. The number of anilines is 1. The van der Waals surface area contributed by atoms with Gasteiger partial charge in [0.05, 0.1) is 0 Å². The third kappa shape index (κ3) is 3.97. The normalized spacial score (nSPS) is 21.1. The molecule has 0 amide bonds. The summed E-state index contributed by atoms with van der Waals surface area (Å²) in [6, 6.07) is 5.98. The third-order valence-corrected chi connectivity index (χ3v) is 4.56. The number of nitrogens with one attached hydrogen (secondary N) is 2. The summed E-state index contributed by atoms with van der Waals surface area (Å²) >= 11 is 0. The summed E-state index contributed by atoms with van der Waals surface area (Å²) in [5.41, 5.74) is 1.51. The van der Waals surface area contributed by atoms with Gasteiger partial charge >= 0.3 is 0 Å². The van der Waals surface area contributed by atoms with E-state index >= 15 is 0 Å². The van der Waals surface area contributed by atoms with Gasteiger partial charge < -0.3 is 10.3 Å². The quantitative estimate of drug-likeness (QED) is 0.908. The topological polar surface area (TPSA) is 70.7 Å². The molecular formula is C18H24N4O. The minimum absolute atomic E-state index is 0.120. The predicted octanol–water partition coefficient (Wildman–Crippen LogP) is 3.38. The molecule has 122 valence electrons. The smallest absolute Gasteiger partial charge is 0.251 e. The number of aromatic nitrogens is 3. The molecule has 5 heteroatoms. The minimum atomic E-state index is -0.120. The molecule has 2 aromatic rings. The van der Waals surface area contributed by atoms with Gasteiger partial charge in [-0.25, -0.2) is 9.97 Å². The Morgan fingerprint density at radius 2 is 2.04 bits per heavy atom. The maximum atomic E-state index is 11.7. The van der Waals surface area contributed by atoms with Gasteiger partial charge in [-0.1, -0.05) is 13.8 Å². The van der Waals surface area contributed by atoms with Crippen LogP contribution in [-0.4, -0.2) is 21.0 Å². The van der Waals surface area contributed by atoms with Crippen molar-refractivity contribution in [2.75, 3.05) is 5.32 Å². The van der Waals surface area contributed by atoms with Crippen molar-refractivity contribution in [3.63, 3.8) is 0 Å². The van der Waals surface area contributed by atoms with Crippen molar-refractivity contribution >= 4 is 5.82 Å². The summed E-state index contributed by atoms with van der Waals surface area (Å²) in [4.78, 5) is 23.4. The lowest BCUT2D eigenvalue weighted by atomic mass is 9.87. The zero-order chi connectivity index (χ0) is 16.2. The average Bonchev–Trinajstić information content (AvgIpc) is 2.57. The molecule has 2 N–H and O–H groups in total. The van der Waals surface area contributed by atoms with E-state index in [1.54, 1.807) is 6.20 Å². The maximum absolute atomic E-state index is 11.7. The van der Waals surface area contributed by atoms with Crippen LogP contribution < -0.4 is 10.9 Å². The SMILES string of the molecule is CCc1cc(=O)[nH]c(-c2ccc(NC3CCC(C)CC3)nc2)n1. The number of nitrogens with zero attached hydrogens (tertiary/aromatic N) is 2. The fourth-order valence-electron chi connectivity index (χ4n) is 3.06. The molecule has 3 rings (SSSR count). The van der Waals surface area contributed by atoms with E-state index in [2.05, 4.69) is 27.2 Å². The van der Waals surface area contributed by atoms with E-state index in [0.29, 0.717) is 11.9 Å². The van der Waals surface area contributed by atoms with Crippen LogP contribution in [0, 0.1) is 5.92 Å². The first-order valence-corrected chi connectivity index (χ1v) is 8.47. The van der Waals surface area contributed by atoms with Gasteiger partial charge in [0.25, 0.3) is 5.56 Å². The molecule has 2 aromatic heterocycles. The Morgan fingerprint density at radius 1 is 1.26 bits per heavy atom. The zero-order valence-corrected chi connectivity index (χ0v) is 13.8. The van der Waals surface area contributed by atoms with Crippen molar-refractivity contribution in [3.8, 4) is 11.4 Å². The standard InChI is InChI=1S/C18H24N4O/c1-3-14-10-17(23)22-18(21-14)13-6-9-16(19-11-13)20-15-7-4-12(2)5-8-15/h6,9-12,15H,3-5,7-8H2,1-2H3,(H,19,20)(H,21,22,23). The van der Waals surface area contributed by atoms with Gasteiger partial charge in [0.1, 0.15) is 11.6 Å². The molecule has 1 aliphatic carbocycles. The lowest BCUT2D eigenvalue weighted by Crippen LogP contribution is -2.25. The summed E-state index contributed by atoms with van der Waals surface area (Å²) in [6.07, 6.45) is 7.49. The molecule has 1 saturated carbocycles. The molecule has 0 saturated heterocycles. The molecule has 2 heterocycles. The highest BCUT2D eigenvalue weighted by Crippen LogP contribution is 2.25. The number of pyridine rings is 1. The van der Waals surface area contributed by atoms with Gasteiger partial charge in [-0.2, -0.15) is 0 Å². The van der Waals surface area contributed by atoms with Crippen LogP contribution in [0.2, 0.25) is 0 Å². The highest BCUT2D eigenvalue weighted by Gasteiger charge is 2.18. The van der Waals surface area contributed by atoms with Crippen LogP contribution in [0.25, 0.3) is 11.4 Å². The first kappa shape index (κ1) is 15.7. The van der Waals surface area contributed by atoms with Crippen molar-refractivity contribution in [1.82, 2.24) is 15.0 Å². The number of hydrogen-bond donors (Lipinski definition) is 2. The van der Waals surface area contributed by atoms with Crippen LogP contribution in [0.1, 0.15) is 45.2 Å². The zero-order valence-electron chi connectivity index (χ0n) is 13.8. The van der Waals surface area contributed by atoms with Crippen molar-refractivity contribution in [3.05, 3.63) is 40.4 Å². The second kappa shape index (κ2) is 6.94. The van der Waals surface area contributed by atoms with Crippen LogP contribution in [0.3, 0.4) is 0 Å². The minimum Gasteiger partial charge on any atom is -0.367 e. The van der Waals surface area contributed by atoms with E-state index in [4.69, 9.17) is 0 Å². The van der Waals surface area contributed by atoms with Gasteiger partial charge in [0, 0.05) is 29.6 Å². The molecule has 0 aliphatic heterocycles. The summed E-state index contributed by atoms with van der Waals surface area (Å²) in [6.45, 7) is 4.31. The van der Waals surface area contributed by atoms with Crippen LogP contribution in [0.4, 0.5) is 5.82 Å². The lowest BCUT2D eigenvalue weighted by Gasteiger charge is -2.27. The van der Waals surface area contributed by atoms with E-state index in [0.717, 1.165) is 29.4 Å².